The SMILES string of the molecule is C=CC[C@@H]1CC(C)CC2=C1C(=O)CCCN(C(=O)OC(C)(C)C)CCCO2. The van der Waals surface area contributed by atoms with Crippen LogP contribution in [0.25, 0.3) is 0 Å². The normalized spacial score (nSPS) is 25.2. The molecule has 0 aromatic heterocycles. The summed E-state index contributed by atoms with van der Waals surface area (Å²) in [6.07, 6.45) is 6.02. The summed E-state index contributed by atoms with van der Waals surface area (Å²) in [6, 6.07) is 0. The van der Waals surface area contributed by atoms with E-state index in [0.29, 0.717) is 38.5 Å². The van der Waals surface area contributed by atoms with Crippen molar-refractivity contribution in [1.29, 1.82) is 0 Å². The Morgan fingerprint density at radius 2 is 2.04 bits per heavy atom. The maximum Gasteiger partial charge on any atom is 0.410 e. The van der Waals surface area contributed by atoms with Gasteiger partial charge in [0.1, 0.15) is 11.4 Å². The Hall–Kier alpha value is -1.78. The van der Waals surface area contributed by atoms with Crippen LogP contribution in [0.1, 0.15) is 66.2 Å². The van der Waals surface area contributed by atoms with Gasteiger partial charge in [-0.3, -0.25) is 4.79 Å². The third kappa shape index (κ3) is 6.40. The van der Waals surface area contributed by atoms with E-state index in [1.165, 1.54) is 0 Å². The zero-order valence-electron chi connectivity index (χ0n) is 17.4. The second-order valence-electron chi connectivity index (χ2n) is 8.80. The summed E-state index contributed by atoms with van der Waals surface area (Å²) in [4.78, 5) is 27.1. The fraction of sp³-hybridized carbons (Fsp3) is 0.727. The molecule has 1 aliphatic carbocycles. The van der Waals surface area contributed by atoms with E-state index in [-0.39, 0.29) is 17.8 Å². The Morgan fingerprint density at radius 3 is 2.70 bits per heavy atom. The van der Waals surface area contributed by atoms with Crippen molar-refractivity contribution >= 4 is 11.9 Å². The number of nitrogens with zero attached hydrogens (tertiary/aromatic N) is 1. The van der Waals surface area contributed by atoms with Crippen molar-refractivity contribution in [2.75, 3.05) is 19.7 Å². The van der Waals surface area contributed by atoms with Crippen LogP contribution in [-0.4, -0.2) is 42.1 Å². The molecule has 0 aromatic carbocycles. The molecule has 0 spiro atoms. The lowest BCUT2D eigenvalue weighted by Crippen LogP contribution is -2.38. The van der Waals surface area contributed by atoms with E-state index in [2.05, 4.69) is 13.5 Å². The molecule has 0 aromatic rings. The van der Waals surface area contributed by atoms with Gasteiger partial charge in [0.2, 0.25) is 0 Å². The van der Waals surface area contributed by atoms with Gasteiger partial charge >= 0.3 is 6.09 Å². The van der Waals surface area contributed by atoms with Crippen molar-refractivity contribution in [3.63, 3.8) is 0 Å². The molecule has 152 valence electrons. The van der Waals surface area contributed by atoms with E-state index in [1.807, 2.05) is 26.8 Å². The zero-order chi connectivity index (χ0) is 20.0. The fourth-order valence-corrected chi connectivity index (χ4v) is 3.91. The van der Waals surface area contributed by atoms with Gasteiger partial charge in [-0.1, -0.05) is 13.0 Å². The van der Waals surface area contributed by atoms with Crippen LogP contribution in [0, 0.1) is 11.8 Å². The highest BCUT2D eigenvalue weighted by atomic mass is 16.6. The highest BCUT2D eigenvalue weighted by Gasteiger charge is 2.32. The van der Waals surface area contributed by atoms with Crippen LogP contribution in [0.4, 0.5) is 4.79 Å². The van der Waals surface area contributed by atoms with Crippen molar-refractivity contribution in [3.05, 3.63) is 24.0 Å². The van der Waals surface area contributed by atoms with E-state index in [9.17, 15) is 9.59 Å². The van der Waals surface area contributed by atoms with Gasteiger partial charge in [0.15, 0.2) is 5.78 Å². The first-order valence-electron chi connectivity index (χ1n) is 10.2. The van der Waals surface area contributed by atoms with E-state index in [0.717, 1.165) is 37.0 Å². The van der Waals surface area contributed by atoms with Gasteiger partial charge in [0.05, 0.1) is 6.61 Å². The fourth-order valence-electron chi connectivity index (χ4n) is 3.91. The van der Waals surface area contributed by atoms with Crippen LogP contribution in [0.2, 0.25) is 0 Å². The number of hydrogen-bond acceptors (Lipinski definition) is 4. The summed E-state index contributed by atoms with van der Waals surface area (Å²) in [7, 11) is 0. The highest BCUT2D eigenvalue weighted by molar-refractivity contribution is 5.96. The molecule has 0 saturated carbocycles. The Balaban J connectivity index is 2.12. The third-order valence-corrected chi connectivity index (χ3v) is 5.01. The van der Waals surface area contributed by atoms with Gasteiger partial charge < -0.3 is 14.4 Å². The third-order valence-electron chi connectivity index (χ3n) is 5.01. The van der Waals surface area contributed by atoms with Crippen molar-refractivity contribution < 1.29 is 19.1 Å². The van der Waals surface area contributed by atoms with E-state index in [4.69, 9.17) is 9.47 Å². The lowest BCUT2D eigenvalue weighted by Gasteiger charge is -2.31. The Morgan fingerprint density at radius 1 is 1.33 bits per heavy atom. The number of carbonyl (C=O) groups excluding carboxylic acids is 2. The van der Waals surface area contributed by atoms with Crippen LogP contribution < -0.4 is 0 Å². The molecule has 2 atom stereocenters. The Kier molecular flexibility index (Phi) is 7.51. The van der Waals surface area contributed by atoms with Gasteiger partial charge in [-0.2, -0.15) is 0 Å². The molecule has 5 heteroatoms. The zero-order valence-corrected chi connectivity index (χ0v) is 17.4. The summed E-state index contributed by atoms with van der Waals surface area (Å²) in [5.74, 6) is 1.74. The minimum atomic E-state index is -0.524. The standard InChI is InChI=1S/C22H35NO4/c1-6-9-17-14-16(2)15-19-20(17)18(24)10-7-11-23(12-8-13-26-19)21(25)27-22(3,4)5/h6,16-17H,1,7-15H2,2-5H3/t16?,17-/m1/s1. The largest absolute Gasteiger partial charge is 0.497 e. The topological polar surface area (TPSA) is 55.8 Å². The maximum atomic E-state index is 13.0. The summed E-state index contributed by atoms with van der Waals surface area (Å²) in [5.41, 5.74) is 0.350. The van der Waals surface area contributed by atoms with Crippen molar-refractivity contribution in [1.82, 2.24) is 4.90 Å². The maximum absolute atomic E-state index is 13.0. The summed E-state index contributed by atoms with van der Waals surface area (Å²) >= 11 is 0. The van der Waals surface area contributed by atoms with Crippen LogP contribution in [0.5, 0.6) is 0 Å². The molecule has 0 N–H and O–H groups in total. The van der Waals surface area contributed by atoms with Crippen molar-refractivity contribution in [2.45, 2.75) is 71.8 Å². The molecule has 0 saturated heterocycles. The molecule has 2 rings (SSSR count). The van der Waals surface area contributed by atoms with Crippen LogP contribution in [0.3, 0.4) is 0 Å². The smallest absolute Gasteiger partial charge is 0.410 e. The van der Waals surface area contributed by atoms with Gasteiger partial charge in [0, 0.05) is 31.5 Å². The predicted octanol–water partition coefficient (Wildman–Crippen LogP) is 4.87. The second-order valence-corrected chi connectivity index (χ2v) is 8.80. The molecule has 0 fully saturated rings. The molecule has 1 amide bonds. The van der Waals surface area contributed by atoms with Gasteiger partial charge in [-0.05, 0) is 58.3 Å². The first kappa shape index (κ1) is 21.5. The molecule has 5 nitrogen and oxygen atoms in total. The van der Waals surface area contributed by atoms with Crippen LogP contribution in [-0.2, 0) is 14.3 Å². The minimum Gasteiger partial charge on any atom is -0.497 e. The lowest BCUT2D eigenvalue weighted by molar-refractivity contribution is -0.116. The van der Waals surface area contributed by atoms with Crippen molar-refractivity contribution in [3.8, 4) is 0 Å². The van der Waals surface area contributed by atoms with Crippen molar-refractivity contribution in [2.24, 2.45) is 11.8 Å². The molecule has 0 bridgehead atoms. The second kappa shape index (κ2) is 9.43. The molecular formula is C22H35NO4. The molecule has 1 aliphatic heterocycles. The Labute approximate surface area is 163 Å². The van der Waals surface area contributed by atoms with E-state index < -0.39 is 5.60 Å². The quantitative estimate of drug-likeness (QED) is 0.644. The van der Waals surface area contributed by atoms with Gasteiger partial charge in [0.25, 0.3) is 0 Å². The molecule has 2 aliphatic rings. The summed E-state index contributed by atoms with van der Waals surface area (Å²) < 4.78 is 11.6. The number of allylic oxidation sites excluding steroid dienone is 3. The average Bonchev–Trinajstić information content (AvgIpc) is 2.57. The first-order valence-corrected chi connectivity index (χ1v) is 10.2. The summed E-state index contributed by atoms with van der Waals surface area (Å²) in [5, 5.41) is 0. The first-order chi connectivity index (χ1) is 12.7. The number of hydrogen-bond donors (Lipinski definition) is 0. The van der Waals surface area contributed by atoms with Crippen LogP contribution >= 0.6 is 0 Å². The number of carbonyl (C=O) groups is 2. The molecular weight excluding hydrogens is 342 g/mol. The molecule has 0 radical (unpaired) electrons. The lowest BCUT2D eigenvalue weighted by atomic mass is 9.77. The highest BCUT2D eigenvalue weighted by Crippen LogP contribution is 2.38. The number of amides is 1. The van der Waals surface area contributed by atoms with E-state index in [1.54, 1.807) is 4.90 Å². The molecule has 1 heterocycles. The number of Topliss-reactive ketones (excluding diaryl/α,β-unsaturated/α-hetero) is 1. The monoisotopic (exact) mass is 377 g/mol. The van der Waals surface area contributed by atoms with Crippen LogP contribution in [0.15, 0.2) is 24.0 Å². The predicted molar refractivity (Wildman–Crippen MR) is 106 cm³/mol. The van der Waals surface area contributed by atoms with Gasteiger partial charge in [-0.15, -0.1) is 6.58 Å². The average molecular weight is 378 g/mol. The Bertz CT molecular complexity index is 588. The van der Waals surface area contributed by atoms with Gasteiger partial charge in [-0.25, -0.2) is 4.79 Å². The molecule has 1 unspecified atom stereocenters. The number of ketones is 1. The van der Waals surface area contributed by atoms with E-state index >= 15 is 0 Å². The number of rotatable bonds is 2. The molecule has 27 heavy (non-hydrogen) atoms. The number of ether oxygens (including phenoxy) is 2. The summed E-state index contributed by atoms with van der Waals surface area (Å²) in [6.45, 7) is 13.3. The minimum absolute atomic E-state index is 0.162.